The zero-order chi connectivity index (χ0) is 20.8. The zero-order valence-corrected chi connectivity index (χ0v) is 16.2. The number of hydrogen-bond donors (Lipinski definition) is 2. The van der Waals surface area contributed by atoms with Gasteiger partial charge in [-0.3, -0.25) is 25.2 Å². The van der Waals surface area contributed by atoms with E-state index in [9.17, 15) is 14.4 Å². The van der Waals surface area contributed by atoms with Crippen molar-refractivity contribution in [3.05, 3.63) is 76.2 Å². The lowest BCUT2D eigenvalue weighted by molar-refractivity contribution is -0.133. The van der Waals surface area contributed by atoms with E-state index in [0.29, 0.717) is 17.3 Å². The van der Waals surface area contributed by atoms with Crippen LogP contribution in [0.3, 0.4) is 0 Å². The Morgan fingerprint density at radius 3 is 2.38 bits per heavy atom. The van der Waals surface area contributed by atoms with Crippen LogP contribution in [0.1, 0.15) is 29.9 Å². The molecule has 2 aromatic carbocycles. The molecule has 0 aliphatic carbocycles. The Labute approximate surface area is 167 Å². The molecule has 1 heterocycles. The molecule has 0 fully saturated rings. The summed E-state index contributed by atoms with van der Waals surface area (Å²) in [5, 5.41) is 4.94. The molecule has 150 valence electrons. The van der Waals surface area contributed by atoms with E-state index in [1.54, 1.807) is 38.1 Å². The second-order valence-electron chi connectivity index (χ2n) is 6.40. The first kappa shape index (κ1) is 20.2. The summed E-state index contributed by atoms with van der Waals surface area (Å²) in [5.41, 5.74) is 5.41. The number of carbonyl (C=O) groups is 2. The van der Waals surface area contributed by atoms with Gasteiger partial charge < -0.3 is 4.74 Å². The third-order valence-corrected chi connectivity index (χ3v) is 4.39. The molecule has 1 aromatic heterocycles. The standard InChI is InChI=1S/C21H22N4O4/c1-3-25-21(28)17-12-8-7-11-16(17)18(24-25)20(27)23-22-19(26)14(2)29-13-15-9-5-4-6-10-15/h4-12,14H,3,13H2,1-2H3,(H,22,26)(H,23,27). The molecule has 3 aromatic rings. The molecular formula is C21H22N4O4. The van der Waals surface area contributed by atoms with Crippen LogP contribution in [0, 0.1) is 0 Å². The minimum Gasteiger partial charge on any atom is -0.364 e. The van der Waals surface area contributed by atoms with E-state index in [1.165, 1.54) is 4.68 Å². The SMILES string of the molecule is CCn1nc(C(=O)NNC(=O)C(C)OCc2ccccc2)c2ccccc2c1=O. The number of amides is 2. The van der Waals surface area contributed by atoms with E-state index in [2.05, 4.69) is 16.0 Å². The summed E-state index contributed by atoms with van der Waals surface area (Å²) in [6.07, 6.45) is -0.773. The highest BCUT2D eigenvalue weighted by atomic mass is 16.5. The van der Waals surface area contributed by atoms with Crippen LogP contribution in [0.2, 0.25) is 0 Å². The fourth-order valence-corrected chi connectivity index (χ4v) is 2.77. The summed E-state index contributed by atoms with van der Waals surface area (Å²) in [6.45, 7) is 3.95. The molecular weight excluding hydrogens is 372 g/mol. The number of carbonyl (C=O) groups excluding carboxylic acids is 2. The molecule has 3 rings (SSSR count). The van der Waals surface area contributed by atoms with Crippen molar-refractivity contribution in [2.24, 2.45) is 0 Å². The van der Waals surface area contributed by atoms with Gasteiger partial charge in [-0.15, -0.1) is 0 Å². The van der Waals surface area contributed by atoms with Crippen LogP contribution < -0.4 is 16.4 Å². The number of aromatic nitrogens is 2. The van der Waals surface area contributed by atoms with Crippen LogP contribution in [0.15, 0.2) is 59.4 Å². The molecule has 2 amide bonds. The van der Waals surface area contributed by atoms with Crippen LogP contribution >= 0.6 is 0 Å². The number of aryl methyl sites for hydroxylation is 1. The Kier molecular flexibility index (Phi) is 6.36. The number of rotatable bonds is 6. The monoisotopic (exact) mass is 394 g/mol. The number of hydrogen-bond acceptors (Lipinski definition) is 5. The zero-order valence-electron chi connectivity index (χ0n) is 16.2. The second-order valence-corrected chi connectivity index (χ2v) is 6.40. The highest BCUT2D eigenvalue weighted by Crippen LogP contribution is 2.13. The average molecular weight is 394 g/mol. The number of fused-ring (bicyclic) bond motifs is 1. The van der Waals surface area contributed by atoms with Crippen LogP contribution in [0.5, 0.6) is 0 Å². The number of benzene rings is 2. The Morgan fingerprint density at radius 2 is 1.69 bits per heavy atom. The summed E-state index contributed by atoms with van der Waals surface area (Å²) in [6, 6.07) is 16.2. The minimum atomic E-state index is -0.773. The number of hydrazine groups is 1. The molecule has 8 heteroatoms. The Balaban J connectivity index is 1.67. The van der Waals surface area contributed by atoms with Gasteiger partial charge in [-0.05, 0) is 25.5 Å². The van der Waals surface area contributed by atoms with E-state index >= 15 is 0 Å². The Bertz CT molecular complexity index is 1080. The van der Waals surface area contributed by atoms with Crippen LogP contribution in [-0.4, -0.2) is 27.7 Å². The maximum absolute atomic E-state index is 12.6. The summed E-state index contributed by atoms with van der Waals surface area (Å²) in [5.74, 6) is -1.12. The first-order valence-electron chi connectivity index (χ1n) is 9.26. The van der Waals surface area contributed by atoms with Gasteiger partial charge in [0.2, 0.25) is 0 Å². The van der Waals surface area contributed by atoms with Gasteiger partial charge in [0.15, 0.2) is 5.69 Å². The number of nitrogens with zero attached hydrogens (tertiary/aromatic N) is 2. The van der Waals surface area contributed by atoms with E-state index in [1.807, 2.05) is 30.3 Å². The molecule has 1 atom stereocenters. The highest BCUT2D eigenvalue weighted by molar-refractivity contribution is 6.05. The molecule has 2 N–H and O–H groups in total. The Hall–Kier alpha value is -3.52. The molecule has 0 bridgehead atoms. The van der Waals surface area contributed by atoms with E-state index in [0.717, 1.165) is 5.56 Å². The normalized spacial score (nSPS) is 11.8. The summed E-state index contributed by atoms with van der Waals surface area (Å²) >= 11 is 0. The average Bonchev–Trinajstić information content (AvgIpc) is 2.76. The number of ether oxygens (including phenoxy) is 1. The predicted molar refractivity (Wildman–Crippen MR) is 108 cm³/mol. The Morgan fingerprint density at radius 1 is 1.03 bits per heavy atom. The fourth-order valence-electron chi connectivity index (χ4n) is 2.77. The molecule has 0 spiro atoms. The van der Waals surface area contributed by atoms with E-state index < -0.39 is 17.9 Å². The molecule has 0 saturated heterocycles. The first-order chi connectivity index (χ1) is 14.0. The molecule has 1 unspecified atom stereocenters. The topological polar surface area (TPSA) is 102 Å². The summed E-state index contributed by atoms with van der Waals surface area (Å²) in [7, 11) is 0. The lowest BCUT2D eigenvalue weighted by Gasteiger charge is -2.14. The van der Waals surface area contributed by atoms with E-state index in [-0.39, 0.29) is 17.9 Å². The molecule has 8 nitrogen and oxygen atoms in total. The predicted octanol–water partition coefficient (Wildman–Crippen LogP) is 1.78. The van der Waals surface area contributed by atoms with Gasteiger partial charge in [-0.25, -0.2) is 4.68 Å². The maximum Gasteiger partial charge on any atom is 0.290 e. The second kappa shape index (κ2) is 9.11. The minimum absolute atomic E-state index is 0.0557. The molecule has 0 radical (unpaired) electrons. The van der Waals surface area contributed by atoms with Crippen molar-refractivity contribution in [2.45, 2.75) is 33.1 Å². The van der Waals surface area contributed by atoms with Crippen molar-refractivity contribution < 1.29 is 14.3 Å². The summed E-state index contributed by atoms with van der Waals surface area (Å²) < 4.78 is 6.74. The van der Waals surface area contributed by atoms with E-state index in [4.69, 9.17) is 4.74 Å². The lowest BCUT2D eigenvalue weighted by atomic mass is 10.1. The van der Waals surface area contributed by atoms with Crippen LogP contribution in [-0.2, 0) is 22.7 Å². The van der Waals surface area contributed by atoms with Gasteiger partial charge in [-0.1, -0.05) is 48.5 Å². The first-order valence-corrected chi connectivity index (χ1v) is 9.26. The quantitative estimate of drug-likeness (QED) is 0.621. The van der Waals surface area contributed by atoms with Crippen molar-refractivity contribution in [3.8, 4) is 0 Å². The van der Waals surface area contributed by atoms with Gasteiger partial charge in [0, 0.05) is 11.9 Å². The number of nitrogens with one attached hydrogen (secondary N) is 2. The van der Waals surface area contributed by atoms with Crippen LogP contribution in [0.4, 0.5) is 0 Å². The van der Waals surface area contributed by atoms with Crippen molar-refractivity contribution in [3.63, 3.8) is 0 Å². The van der Waals surface area contributed by atoms with Crippen LogP contribution in [0.25, 0.3) is 10.8 Å². The lowest BCUT2D eigenvalue weighted by Crippen LogP contribution is -2.47. The highest BCUT2D eigenvalue weighted by Gasteiger charge is 2.19. The molecule has 0 aliphatic heterocycles. The third kappa shape index (κ3) is 4.67. The molecule has 0 saturated carbocycles. The van der Waals surface area contributed by atoms with Gasteiger partial charge in [0.1, 0.15) is 6.10 Å². The smallest absolute Gasteiger partial charge is 0.290 e. The van der Waals surface area contributed by atoms with Crippen molar-refractivity contribution in [1.29, 1.82) is 0 Å². The van der Waals surface area contributed by atoms with Gasteiger partial charge in [0.05, 0.1) is 12.0 Å². The van der Waals surface area contributed by atoms with Crippen molar-refractivity contribution in [1.82, 2.24) is 20.6 Å². The maximum atomic E-state index is 12.6. The van der Waals surface area contributed by atoms with Gasteiger partial charge in [-0.2, -0.15) is 5.10 Å². The van der Waals surface area contributed by atoms with Crippen molar-refractivity contribution in [2.75, 3.05) is 0 Å². The summed E-state index contributed by atoms with van der Waals surface area (Å²) in [4.78, 5) is 37.2. The molecule has 0 aliphatic rings. The fraction of sp³-hybridized carbons (Fsp3) is 0.238. The largest absolute Gasteiger partial charge is 0.364 e. The molecule has 29 heavy (non-hydrogen) atoms. The van der Waals surface area contributed by atoms with Gasteiger partial charge in [0.25, 0.3) is 17.4 Å². The third-order valence-electron chi connectivity index (χ3n) is 4.39. The van der Waals surface area contributed by atoms with Crippen molar-refractivity contribution >= 4 is 22.6 Å². The van der Waals surface area contributed by atoms with Gasteiger partial charge >= 0.3 is 0 Å².